The SMILES string of the molecule is O=C(C[C@@H](Sc1ccccc1C(=O)O)c1ccc(Cl)cc1)c1ccccc1. The van der Waals surface area contributed by atoms with Crippen LogP contribution in [0.5, 0.6) is 0 Å². The third-order valence-electron chi connectivity index (χ3n) is 4.10. The lowest BCUT2D eigenvalue weighted by Gasteiger charge is -2.18. The van der Waals surface area contributed by atoms with E-state index in [1.165, 1.54) is 11.8 Å². The van der Waals surface area contributed by atoms with Gasteiger partial charge in [-0.05, 0) is 29.8 Å². The fourth-order valence-electron chi connectivity index (χ4n) is 2.71. The molecule has 0 bridgehead atoms. The van der Waals surface area contributed by atoms with E-state index in [2.05, 4.69) is 0 Å². The lowest BCUT2D eigenvalue weighted by Crippen LogP contribution is -2.06. The molecule has 136 valence electrons. The van der Waals surface area contributed by atoms with Crippen LogP contribution in [0, 0.1) is 0 Å². The Bertz CT molecular complexity index is 939. The van der Waals surface area contributed by atoms with Gasteiger partial charge in [-0.2, -0.15) is 0 Å². The quantitative estimate of drug-likeness (QED) is 0.384. The maximum atomic E-state index is 12.7. The Morgan fingerprint density at radius 2 is 1.52 bits per heavy atom. The predicted molar refractivity (Wildman–Crippen MR) is 109 cm³/mol. The number of rotatable bonds is 7. The van der Waals surface area contributed by atoms with E-state index in [4.69, 9.17) is 11.6 Å². The fraction of sp³-hybridized carbons (Fsp3) is 0.0909. The molecule has 0 aliphatic heterocycles. The molecular weight excluding hydrogens is 380 g/mol. The van der Waals surface area contributed by atoms with E-state index >= 15 is 0 Å². The van der Waals surface area contributed by atoms with Crippen molar-refractivity contribution in [1.82, 2.24) is 0 Å². The number of Topliss-reactive ketones (excluding diaryl/α,β-unsaturated/α-hetero) is 1. The van der Waals surface area contributed by atoms with Crippen LogP contribution in [0.1, 0.15) is 38.0 Å². The summed E-state index contributed by atoms with van der Waals surface area (Å²) < 4.78 is 0. The van der Waals surface area contributed by atoms with E-state index in [-0.39, 0.29) is 23.0 Å². The normalized spacial score (nSPS) is 11.7. The second-order valence-electron chi connectivity index (χ2n) is 5.95. The fourth-order valence-corrected chi connectivity index (χ4v) is 4.11. The van der Waals surface area contributed by atoms with Gasteiger partial charge in [0, 0.05) is 27.2 Å². The van der Waals surface area contributed by atoms with Crippen molar-refractivity contribution in [1.29, 1.82) is 0 Å². The van der Waals surface area contributed by atoms with Crippen molar-refractivity contribution >= 4 is 35.1 Å². The van der Waals surface area contributed by atoms with Gasteiger partial charge in [-0.3, -0.25) is 4.79 Å². The zero-order valence-corrected chi connectivity index (χ0v) is 15.9. The first-order valence-electron chi connectivity index (χ1n) is 8.37. The first kappa shape index (κ1) is 19.2. The third kappa shape index (κ3) is 5.00. The molecule has 3 nitrogen and oxygen atoms in total. The molecule has 3 aromatic rings. The van der Waals surface area contributed by atoms with E-state index in [1.54, 1.807) is 48.5 Å². The average molecular weight is 397 g/mol. The molecular formula is C22H17ClO3S. The number of carboxylic acids is 1. The molecule has 0 unspecified atom stereocenters. The van der Waals surface area contributed by atoms with Gasteiger partial charge in [-0.15, -0.1) is 11.8 Å². The van der Waals surface area contributed by atoms with Crippen molar-refractivity contribution in [2.45, 2.75) is 16.6 Å². The number of aromatic carboxylic acids is 1. The highest BCUT2D eigenvalue weighted by Crippen LogP contribution is 2.40. The maximum Gasteiger partial charge on any atom is 0.336 e. The van der Waals surface area contributed by atoms with Crippen molar-refractivity contribution in [2.24, 2.45) is 0 Å². The summed E-state index contributed by atoms with van der Waals surface area (Å²) in [5.74, 6) is -0.974. The Kier molecular flexibility index (Phi) is 6.32. The number of carbonyl (C=O) groups is 2. The largest absolute Gasteiger partial charge is 0.478 e. The minimum Gasteiger partial charge on any atom is -0.478 e. The van der Waals surface area contributed by atoms with Gasteiger partial charge in [-0.1, -0.05) is 66.2 Å². The van der Waals surface area contributed by atoms with Gasteiger partial charge in [0.2, 0.25) is 0 Å². The molecule has 1 N–H and O–H groups in total. The van der Waals surface area contributed by atoms with E-state index in [9.17, 15) is 14.7 Å². The summed E-state index contributed by atoms with van der Waals surface area (Å²) in [4.78, 5) is 24.9. The summed E-state index contributed by atoms with van der Waals surface area (Å²) in [6.07, 6.45) is 0.254. The highest BCUT2D eigenvalue weighted by atomic mass is 35.5. The zero-order chi connectivity index (χ0) is 19.2. The Hall–Kier alpha value is -2.56. The van der Waals surface area contributed by atoms with Crippen molar-refractivity contribution in [2.75, 3.05) is 0 Å². The minimum atomic E-state index is -0.984. The van der Waals surface area contributed by atoms with Crippen LogP contribution in [0.25, 0.3) is 0 Å². The highest BCUT2D eigenvalue weighted by molar-refractivity contribution is 7.99. The molecule has 3 aromatic carbocycles. The molecule has 0 spiro atoms. The standard InChI is InChI=1S/C22H17ClO3S/c23-17-12-10-16(11-13-17)21(14-19(24)15-6-2-1-3-7-15)27-20-9-5-4-8-18(20)22(25)26/h1-13,21H,14H2,(H,25,26)/t21-/m1/s1. The smallest absolute Gasteiger partial charge is 0.336 e. The molecule has 5 heteroatoms. The number of carbonyl (C=O) groups excluding carboxylic acids is 1. The van der Waals surface area contributed by atoms with Crippen LogP contribution in [-0.4, -0.2) is 16.9 Å². The van der Waals surface area contributed by atoms with Crippen LogP contribution in [0.15, 0.2) is 83.8 Å². The van der Waals surface area contributed by atoms with Gasteiger partial charge >= 0.3 is 5.97 Å². The Balaban J connectivity index is 1.92. The molecule has 0 aliphatic rings. The van der Waals surface area contributed by atoms with E-state index in [1.807, 2.05) is 30.3 Å². The summed E-state index contributed by atoms with van der Waals surface area (Å²) in [6, 6.07) is 23.2. The van der Waals surface area contributed by atoms with Crippen LogP contribution in [0.3, 0.4) is 0 Å². The molecule has 0 amide bonds. The van der Waals surface area contributed by atoms with Crippen LogP contribution >= 0.6 is 23.4 Å². The van der Waals surface area contributed by atoms with Gasteiger partial charge in [0.1, 0.15) is 0 Å². The second-order valence-corrected chi connectivity index (χ2v) is 7.63. The number of ketones is 1. The first-order chi connectivity index (χ1) is 13.0. The Morgan fingerprint density at radius 1 is 0.889 bits per heavy atom. The summed E-state index contributed by atoms with van der Waals surface area (Å²) in [7, 11) is 0. The van der Waals surface area contributed by atoms with Crippen LogP contribution in [0.2, 0.25) is 5.02 Å². The van der Waals surface area contributed by atoms with Crippen molar-refractivity contribution in [3.8, 4) is 0 Å². The van der Waals surface area contributed by atoms with Crippen LogP contribution in [0.4, 0.5) is 0 Å². The molecule has 1 atom stereocenters. The number of hydrogen-bond donors (Lipinski definition) is 1. The average Bonchev–Trinajstić information content (AvgIpc) is 2.69. The highest BCUT2D eigenvalue weighted by Gasteiger charge is 2.21. The molecule has 0 heterocycles. The molecule has 0 aliphatic carbocycles. The van der Waals surface area contributed by atoms with E-state index in [0.717, 1.165) is 5.56 Å². The summed E-state index contributed by atoms with van der Waals surface area (Å²) in [5, 5.41) is 9.83. The molecule has 0 saturated heterocycles. The molecule has 0 fully saturated rings. The molecule has 3 rings (SSSR count). The number of hydrogen-bond acceptors (Lipinski definition) is 3. The van der Waals surface area contributed by atoms with Crippen molar-refractivity contribution in [3.63, 3.8) is 0 Å². The lowest BCUT2D eigenvalue weighted by atomic mass is 10.0. The van der Waals surface area contributed by atoms with E-state index < -0.39 is 5.97 Å². The molecule has 0 radical (unpaired) electrons. The van der Waals surface area contributed by atoms with Crippen LogP contribution < -0.4 is 0 Å². The second kappa shape index (κ2) is 8.89. The molecule has 27 heavy (non-hydrogen) atoms. The lowest BCUT2D eigenvalue weighted by molar-refractivity contribution is 0.0693. The summed E-state index contributed by atoms with van der Waals surface area (Å²) in [5.41, 5.74) is 1.80. The topological polar surface area (TPSA) is 54.4 Å². The number of benzene rings is 3. The minimum absolute atomic E-state index is 0.0101. The van der Waals surface area contributed by atoms with Gasteiger partial charge in [0.25, 0.3) is 0 Å². The monoisotopic (exact) mass is 396 g/mol. The third-order valence-corrected chi connectivity index (χ3v) is 5.68. The molecule has 0 saturated carbocycles. The summed E-state index contributed by atoms with van der Waals surface area (Å²) in [6.45, 7) is 0. The zero-order valence-electron chi connectivity index (χ0n) is 14.3. The van der Waals surface area contributed by atoms with Crippen molar-refractivity contribution in [3.05, 3.63) is 101 Å². The van der Waals surface area contributed by atoms with E-state index in [0.29, 0.717) is 15.5 Å². The number of thioether (sulfide) groups is 1. The first-order valence-corrected chi connectivity index (χ1v) is 9.63. The Morgan fingerprint density at radius 3 is 2.19 bits per heavy atom. The maximum absolute atomic E-state index is 12.7. The molecule has 0 aromatic heterocycles. The Labute approximate surface area is 167 Å². The van der Waals surface area contributed by atoms with Gasteiger partial charge < -0.3 is 5.11 Å². The van der Waals surface area contributed by atoms with Gasteiger partial charge in [-0.25, -0.2) is 4.79 Å². The predicted octanol–water partition coefficient (Wildman–Crippen LogP) is 6.14. The van der Waals surface area contributed by atoms with Crippen LogP contribution in [-0.2, 0) is 0 Å². The summed E-state index contributed by atoms with van der Waals surface area (Å²) >= 11 is 7.37. The number of carboxylic acid groups (broad SMARTS) is 1. The van der Waals surface area contributed by atoms with Gasteiger partial charge in [0.05, 0.1) is 5.56 Å². The number of halogens is 1. The van der Waals surface area contributed by atoms with Crippen molar-refractivity contribution < 1.29 is 14.7 Å². The van der Waals surface area contributed by atoms with Gasteiger partial charge in [0.15, 0.2) is 5.78 Å².